The van der Waals surface area contributed by atoms with Crippen LogP contribution < -0.4 is 0 Å². The second kappa shape index (κ2) is 53.0. The zero-order valence-electron chi connectivity index (χ0n) is 45.2. The lowest BCUT2D eigenvalue weighted by Gasteiger charge is -2.21. The first-order valence-electron chi connectivity index (χ1n) is 28.9. The summed E-state index contributed by atoms with van der Waals surface area (Å²) in [7, 11) is -4.74. The van der Waals surface area contributed by atoms with E-state index >= 15 is 0 Å². The van der Waals surface area contributed by atoms with Crippen molar-refractivity contribution in [3.8, 4) is 0 Å². The Kier molecular flexibility index (Phi) is 51.3. The van der Waals surface area contributed by atoms with Gasteiger partial charge in [0.1, 0.15) is 12.7 Å². The van der Waals surface area contributed by atoms with Crippen LogP contribution in [-0.2, 0) is 42.2 Å². The van der Waals surface area contributed by atoms with Crippen molar-refractivity contribution >= 4 is 25.7 Å². The van der Waals surface area contributed by atoms with Gasteiger partial charge >= 0.3 is 25.7 Å². The molecule has 0 aliphatic rings. The van der Waals surface area contributed by atoms with Crippen molar-refractivity contribution < 1.29 is 52.2 Å². The number of ether oxygens (including phenoxy) is 3. The third kappa shape index (κ3) is 50.6. The van der Waals surface area contributed by atoms with E-state index in [9.17, 15) is 28.9 Å². The molecule has 2 N–H and O–H groups in total. The lowest BCUT2D eigenvalue weighted by atomic mass is 10.0. The Balaban J connectivity index is 4.73. The van der Waals surface area contributed by atoms with E-state index in [0.29, 0.717) is 19.3 Å². The van der Waals surface area contributed by atoms with Crippen LogP contribution >= 0.6 is 7.82 Å². The normalized spacial score (nSPS) is 13.6. The molecule has 0 aromatic heterocycles. The molecule has 0 amide bonds. The minimum atomic E-state index is -4.74. The van der Waals surface area contributed by atoms with Crippen LogP contribution in [-0.4, -0.2) is 66.5 Å². The molecule has 0 aliphatic carbocycles. The van der Waals surface area contributed by atoms with Crippen molar-refractivity contribution in [3.63, 3.8) is 0 Å². The number of rotatable bonds is 54. The summed E-state index contributed by atoms with van der Waals surface area (Å²) in [6, 6.07) is 0. The number of hydrogen-bond donors (Lipinski definition) is 2. The molecule has 0 heterocycles. The summed E-state index contributed by atoms with van der Waals surface area (Å²) in [5.74, 6) is -1.47. The van der Waals surface area contributed by atoms with Crippen LogP contribution in [0.15, 0.2) is 36.5 Å². The number of phosphoric acid groups is 1. The summed E-state index contributed by atoms with van der Waals surface area (Å²) >= 11 is 0. The van der Waals surface area contributed by atoms with Gasteiger partial charge < -0.3 is 24.2 Å². The topological polar surface area (TPSA) is 155 Å². The number of aliphatic hydroxyl groups excluding tert-OH is 1. The minimum absolute atomic E-state index is 0.157. The van der Waals surface area contributed by atoms with Crippen LogP contribution in [0.1, 0.15) is 278 Å². The molecule has 0 saturated heterocycles. The number of carbonyl (C=O) groups is 3. The first-order valence-corrected chi connectivity index (χ1v) is 30.4. The maximum Gasteiger partial charge on any atom is 0.472 e. The van der Waals surface area contributed by atoms with Gasteiger partial charge in [0.15, 0.2) is 6.10 Å². The summed E-state index contributed by atoms with van der Waals surface area (Å²) in [6.07, 6.45) is 53.8. The van der Waals surface area contributed by atoms with Gasteiger partial charge in [-0.15, -0.1) is 0 Å². The molecule has 0 saturated carbocycles. The molecule has 3 unspecified atom stereocenters. The highest BCUT2D eigenvalue weighted by Crippen LogP contribution is 2.43. The van der Waals surface area contributed by atoms with Gasteiger partial charge in [0.2, 0.25) is 0 Å². The van der Waals surface area contributed by atoms with E-state index in [4.69, 9.17) is 23.3 Å². The van der Waals surface area contributed by atoms with Crippen LogP contribution in [0.3, 0.4) is 0 Å². The van der Waals surface area contributed by atoms with Crippen LogP contribution in [0, 0.1) is 0 Å². The van der Waals surface area contributed by atoms with Crippen LogP contribution in [0.2, 0.25) is 0 Å². The van der Waals surface area contributed by atoms with Crippen molar-refractivity contribution in [1.29, 1.82) is 0 Å². The quantitative estimate of drug-likeness (QED) is 0.0197. The van der Waals surface area contributed by atoms with E-state index in [1.807, 2.05) is 0 Å². The largest absolute Gasteiger partial charge is 0.472 e. The number of allylic oxidation sites excluding steroid dienone is 6. The fourth-order valence-electron chi connectivity index (χ4n) is 8.09. The molecule has 0 aromatic carbocycles. The Morgan fingerprint density at radius 2 is 0.700 bits per heavy atom. The smallest absolute Gasteiger partial charge is 0.462 e. The molecule has 3 atom stereocenters. The van der Waals surface area contributed by atoms with Gasteiger partial charge in [-0.25, -0.2) is 4.57 Å². The van der Waals surface area contributed by atoms with E-state index in [2.05, 4.69) is 57.2 Å². The monoisotopic (exact) mass is 1010 g/mol. The summed E-state index contributed by atoms with van der Waals surface area (Å²) in [6.45, 7) is 4.62. The molecule has 12 heteroatoms. The van der Waals surface area contributed by atoms with E-state index in [0.717, 1.165) is 103 Å². The lowest BCUT2D eigenvalue weighted by Crippen LogP contribution is -2.30. The number of unbranched alkanes of at least 4 members (excludes halogenated alkanes) is 31. The van der Waals surface area contributed by atoms with Crippen molar-refractivity contribution in [2.75, 3.05) is 26.4 Å². The second-order valence-corrected chi connectivity index (χ2v) is 20.9. The van der Waals surface area contributed by atoms with Gasteiger partial charge in [0.25, 0.3) is 0 Å². The number of phosphoric ester groups is 1. The summed E-state index contributed by atoms with van der Waals surface area (Å²) in [4.78, 5) is 48.5. The maximum absolute atomic E-state index is 12.9. The fraction of sp³-hybridized carbons (Fsp3) is 0.845. The van der Waals surface area contributed by atoms with Gasteiger partial charge in [-0.05, 0) is 77.0 Å². The first-order chi connectivity index (χ1) is 34.2. The maximum atomic E-state index is 12.9. The molecule has 0 aliphatic heterocycles. The van der Waals surface area contributed by atoms with E-state index in [-0.39, 0.29) is 25.9 Å². The second-order valence-electron chi connectivity index (χ2n) is 19.5. The van der Waals surface area contributed by atoms with E-state index < -0.39 is 57.8 Å². The van der Waals surface area contributed by atoms with Gasteiger partial charge in [0.05, 0.1) is 19.8 Å². The minimum Gasteiger partial charge on any atom is -0.462 e. The zero-order chi connectivity index (χ0) is 51.3. The third-order valence-electron chi connectivity index (χ3n) is 12.5. The van der Waals surface area contributed by atoms with Crippen LogP contribution in [0.25, 0.3) is 0 Å². The summed E-state index contributed by atoms with van der Waals surface area (Å²) in [5, 5.41) is 9.80. The Morgan fingerprint density at radius 3 is 1.10 bits per heavy atom. The standard InChI is InChI=1S/C58H107O11P/c1-4-7-10-13-16-19-22-25-27-30-32-35-38-41-44-47-56(60)65-51-55(69-58(62)49-46-43-40-37-34-31-28-26-23-20-17-14-11-8-5-2)53-67-70(63,64)66-52-54(50-59)68-57(61)48-45-42-39-36-33-29-24-21-18-15-12-9-6-3/h16,19,25-28,54-55,59H,4-15,17-18,20-24,29-53H2,1-3H3,(H,63,64)/b19-16-,27-25-,28-26-. The predicted molar refractivity (Wildman–Crippen MR) is 289 cm³/mol. The molecule has 0 spiro atoms. The molecule has 0 fully saturated rings. The summed E-state index contributed by atoms with van der Waals surface area (Å²) < 4.78 is 39.5. The van der Waals surface area contributed by atoms with Gasteiger partial charge in [-0.2, -0.15) is 0 Å². The van der Waals surface area contributed by atoms with E-state index in [1.165, 1.54) is 116 Å². The van der Waals surface area contributed by atoms with E-state index in [1.54, 1.807) is 0 Å². The molecule has 410 valence electrons. The van der Waals surface area contributed by atoms with Crippen LogP contribution in [0.4, 0.5) is 0 Å². The highest BCUT2D eigenvalue weighted by atomic mass is 31.2. The molecule has 70 heavy (non-hydrogen) atoms. The number of esters is 3. The predicted octanol–water partition coefficient (Wildman–Crippen LogP) is 16.8. The molecule has 0 bridgehead atoms. The Labute approximate surface area is 429 Å². The molecule has 11 nitrogen and oxygen atoms in total. The van der Waals surface area contributed by atoms with Crippen LogP contribution in [0.5, 0.6) is 0 Å². The third-order valence-corrected chi connectivity index (χ3v) is 13.5. The highest BCUT2D eigenvalue weighted by Gasteiger charge is 2.28. The zero-order valence-corrected chi connectivity index (χ0v) is 46.1. The SMILES string of the molecule is CCCCC/C=C\C/C=C\CCCCCCCC(=O)OCC(COP(=O)(O)OCC(CO)OC(=O)CCCCCCCCCCCCCCC)OC(=O)CCCCCCC/C=C\CCCCCCCC. The van der Waals surface area contributed by atoms with Crippen molar-refractivity contribution in [1.82, 2.24) is 0 Å². The van der Waals surface area contributed by atoms with Gasteiger partial charge in [-0.1, -0.05) is 218 Å². The Morgan fingerprint density at radius 1 is 0.400 bits per heavy atom. The first kappa shape index (κ1) is 67.7. The van der Waals surface area contributed by atoms with Gasteiger partial charge in [0, 0.05) is 19.3 Å². The summed E-state index contributed by atoms with van der Waals surface area (Å²) in [5.41, 5.74) is 0. The fourth-order valence-corrected chi connectivity index (χ4v) is 8.87. The average Bonchev–Trinajstić information content (AvgIpc) is 3.35. The number of hydrogen-bond acceptors (Lipinski definition) is 10. The Hall–Kier alpha value is -2.30. The van der Waals surface area contributed by atoms with Crippen molar-refractivity contribution in [2.45, 2.75) is 290 Å². The average molecular weight is 1010 g/mol. The van der Waals surface area contributed by atoms with Gasteiger partial charge in [-0.3, -0.25) is 23.4 Å². The molecule has 0 radical (unpaired) electrons. The highest BCUT2D eigenvalue weighted by molar-refractivity contribution is 7.47. The molecular weight excluding hydrogens is 904 g/mol. The number of carbonyl (C=O) groups excluding carboxylic acids is 3. The number of aliphatic hydroxyl groups is 1. The molecule has 0 aromatic rings. The lowest BCUT2D eigenvalue weighted by molar-refractivity contribution is -0.161. The Bertz CT molecular complexity index is 1320. The molecular formula is C58H107O11P. The van der Waals surface area contributed by atoms with Crippen molar-refractivity contribution in [3.05, 3.63) is 36.5 Å². The van der Waals surface area contributed by atoms with Crippen molar-refractivity contribution in [2.24, 2.45) is 0 Å². The molecule has 0 rings (SSSR count).